The zero-order valence-electron chi connectivity index (χ0n) is 15.4. The van der Waals surface area contributed by atoms with E-state index in [2.05, 4.69) is 10.0 Å². The molecule has 0 saturated carbocycles. The highest BCUT2D eigenvalue weighted by Gasteiger charge is 2.81. The van der Waals surface area contributed by atoms with E-state index >= 15 is 0 Å². The molecule has 12 heteroatoms. The molecule has 0 saturated heterocycles. The summed E-state index contributed by atoms with van der Waals surface area (Å²) in [5.74, 6) is -19.3. The lowest BCUT2D eigenvalue weighted by molar-refractivity contribution is -0.397. The van der Waals surface area contributed by atoms with Crippen LogP contribution in [0.2, 0.25) is 0 Å². The Hall–Kier alpha value is -1.32. The van der Waals surface area contributed by atoms with Gasteiger partial charge in [-0.3, -0.25) is 0 Å². The van der Waals surface area contributed by atoms with Gasteiger partial charge in [-0.05, 0) is 12.0 Å². The van der Waals surface area contributed by atoms with Gasteiger partial charge in [-0.2, -0.15) is 39.5 Å². The number of hydrogen-bond acceptors (Lipinski definition) is 1. The predicted molar refractivity (Wildman–Crippen MR) is 85.7 cm³/mol. The molecule has 0 aromatic carbocycles. The van der Waals surface area contributed by atoms with Crippen molar-refractivity contribution in [1.29, 1.82) is 0 Å². The fraction of sp³-hybridized carbons (Fsp3) is 1.00. The molecule has 3 nitrogen and oxygen atoms in total. The molecule has 0 N–H and O–H groups in total. The Morgan fingerprint density at radius 1 is 0.750 bits per heavy atom. The first kappa shape index (κ1) is 26.7. The van der Waals surface area contributed by atoms with Crippen molar-refractivity contribution in [3.8, 4) is 0 Å². The summed E-state index contributed by atoms with van der Waals surface area (Å²) in [6, 6.07) is -1.82. The van der Waals surface area contributed by atoms with E-state index in [9.17, 15) is 39.5 Å². The second-order valence-corrected chi connectivity index (χ2v) is 6.68. The van der Waals surface area contributed by atoms with Crippen LogP contribution in [0.25, 0.3) is 10.4 Å². The third-order valence-corrected chi connectivity index (χ3v) is 4.31. The molecule has 1 atom stereocenters. The number of nitrogens with zero attached hydrogens (tertiary/aromatic N) is 3. The summed E-state index contributed by atoms with van der Waals surface area (Å²) in [5.41, 5.74) is 8.35. The van der Waals surface area contributed by atoms with Crippen molar-refractivity contribution in [2.75, 3.05) is 0 Å². The molecule has 166 valence electrons. The van der Waals surface area contributed by atoms with Gasteiger partial charge in [-0.25, -0.2) is 0 Å². The topological polar surface area (TPSA) is 48.8 Å². The third kappa shape index (κ3) is 7.25. The Morgan fingerprint density at radius 2 is 1.21 bits per heavy atom. The second-order valence-electron chi connectivity index (χ2n) is 6.68. The average Bonchev–Trinajstić information content (AvgIpc) is 2.55. The molecule has 0 aliphatic carbocycles. The zero-order valence-corrected chi connectivity index (χ0v) is 15.4. The number of unbranched alkanes of at least 4 members (excludes halogenated alkanes) is 7. The maximum Gasteiger partial charge on any atom is 0.460 e. The Labute approximate surface area is 157 Å². The van der Waals surface area contributed by atoms with E-state index in [1.165, 1.54) is 0 Å². The lowest BCUT2D eigenvalue weighted by atomic mass is 9.94. The quantitative estimate of drug-likeness (QED) is 0.0882. The Kier molecular flexibility index (Phi) is 10.5. The van der Waals surface area contributed by atoms with Gasteiger partial charge in [-0.15, -0.1) is 0 Å². The van der Waals surface area contributed by atoms with Crippen LogP contribution in [0.4, 0.5) is 39.5 Å². The van der Waals surface area contributed by atoms with E-state index in [4.69, 9.17) is 5.53 Å². The molecule has 0 radical (unpaired) electrons. The van der Waals surface area contributed by atoms with Crippen molar-refractivity contribution in [3.05, 3.63) is 10.4 Å². The smallest absolute Gasteiger partial charge is 0.200 e. The van der Waals surface area contributed by atoms with Gasteiger partial charge < -0.3 is 0 Å². The van der Waals surface area contributed by atoms with Crippen molar-refractivity contribution in [3.63, 3.8) is 0 Å². The van der Waals surface area contributed by atoms with Crippen LogP contribution in [0.15, 0.2) is 5.11 Å². The summed E-state index contributed by atoms with van der Waals surface area (Å²) >= 11 is 0. The second kappa shape index (κ2) is 11.0. The van der Waals surface area contributed by atoms with E-state index < -0.39 is 36.4 Å². The van der Waals surface area contributed by atoms with Crippen molar-refractivity contribution in [2.45, 2.75) is 101 Å². The molecule has 0 amide bonds. The van der Waals surface area contributed by atoms with Crippen LogP contribution < -0.4 is 0 Å². The van der Waals surface area contributed by atoms with Gasteiger partial charge in [0.2, 0.25) is 0 Å². The van der Waals surface area contributed by atoms with E-state index in [-0.39, 0.29) is 12.8 Å². The average molecular weight is 429 g/mol. The van der Waals surface area contributed by atoms with Gasteiger partial charge in [0.25, 0.3) is 0 Å². The maximum absolute atomic E-state index is 13.6. The Morgan fingerprint density at radius 3 is 1.64 bits per heavy atom. The summed E-state index contributed by atoms with van der Waals surface area (Å²) < 4.78 is 116. The number of halogens is 9. The zero-order chi connectivity index (χ0) is 22.1. The first-order valence-corrected chi connectivity index (χ1v) is 8.99. The first-order chi connectivity index (χ1) is 12.7. The maximum atomic E-state index is 13.6. The summed E-state index contributed by atoms with van der Waals surface area (Å²) in [4.78, 5) is 2.20. The normalized spacial score (nSPS) is 14.6. The predicted octanol–water partition coefficient (Wildman–Crippen LogP) is 8.05. The molecular weight excluding hydrogens is 405 g/mol. The molecule has 0 aromatic heterocycles. The molecule has 0 bridgehead atoms. The molecule has 0 fully saturated rings. The minimum atomic E-state index is -6.93. The molecule has 0 spiro atoms. The highest BCUT2D eigenvalue weighted by Crippen LogP contribution is 2.54. The van der Waals surface area contributed by atoms with Crippen LogP contribution in [-0.2, 0) is 0 Å². The standard InChI is InChI=1S/C16H24F9N3/c1-2-3-4-5-6-7-8-9-10-12(27-28-26)11-13(17,18)14(19,20)15(21,22)16(23,24)25/h12H,2-11H2,1H3/t12-/m1/s1. The van der Waals surface area contributed by atoms with Crippen molar-refractivity contribution in [2.24, 2.45) is 5.11 Å². The van der Waals surface area contributed by atoms with E-state index in [0.29, 0.717) is 12.8 Å². The number of hydrogen-bond donors (Lipinski definition) is 0. The molecule has 0 aliphatic rings. The van der Waals surface area contributed by atoms with Gasteiger partial charge >= 0.3 is 23.9 Å². The molecular formula is C16H24F9N3. The molecule has 0 rings (SSSR count). The van der Waals surface area contributed by atoms with Crippen molar-refractivity contribution in [1.82, 2.24) is 0 Å². The SMILES string of the molecule is CCCCCCCCCC[C@H](CC(F)(F)C(F)(F)C(F)(F)C(F)(F)F)N=[N+]=[N-]. The highest BCUT2D eigenvalue weighted by atomic mass is 19.4. The molecule has 0 aromatic rings. The molecule has 0 unspecified atom stereocenters. The van der Waals surface area contributed by atoms with E-state index in [0.717, 1.165) is 32.1 Å². The minimum Gasteiger partial charge on any atom is -0.200 e. The van der Waals surface area contributed by atoms with Crippen LogP contribution >= 0.6 is 0 Å². The largest absolute Gasteiger partial charge is 0.460 e. The Balaban J connectivity index is 4.83. The molecule has 0 aliphatic heterocycles. The van der Waals surface area contributed by atoms with Gasteiger partial charge in [0, 0.05) is 17.4 Å². The highest BCUT2D eigenvalue weighted by molar-refractivity contribution is 5.01. The summed E-state index contributed by atoms with van der Waals surface area (Å²) in [5, 5.41) is 2.87. The lowest BCUT2D eigenvalue weighted by Gasteiger charge is -2.34. The summed E-state index contributed by atoms with van der Waals surface area (Å²) in [7, 11) is 0. The van der Waals surface area contributed by atoms with E-state index in [1.54, 1.807) is 0 Å². The van der Waals surface area contributed by atoms with Crippen LogP contribution in [-0.4, -0.2) is 30.0 Å². The van der Waals surface area contributed by atoms with E-state index in [1.807, 2.05) is 6.92 Å². The van der Waals surface area contributed by atoms with Crippen LogP contribution in [0.3, 0.4) is 0 Å². The van der Waals surface area contributed by atoms with Gasteiger partial charge in [0.05, 0.1) is 0 Å². The molecule has 28 heavy (non-hydrogen) atoms. The monoisotopic (exact) mass is 429 g/mol. The summed E-state index contributed by atoms with van der Waals surface area (Å²) in [6.07, 6.45) is -2.88. The lowest BCUT2D eigenvalue weighted by Crippen LogP contribution is -2.61. The molecule has 0 heterocycles. The van der Waals surface area contributed by atoms with Crippen molar-refractivity contribution >= 4 is 0 Å². The summed E-state index contributed by atoms with van der Waals surface area (Å²) in [6.45, 7) is 2.04. The van der Waals surface area contributed by atoms with Gasteiger partial charge in [-0.1, -0.05) is 63.4 Å². The first-order valence-electron chi connectivity index (χ1n) is 8.99. The Bertz CT molecular complexity index is 500. The van der Waals surface area contributed by atoms with Crippen LogP contribution in [0, 0.1) is 0 Å². The number of rotatable bonds is 14. The van der Waals surface area contributed by atoms with Crippen LogP contribution in [0.1, 0.15) is 71.1 Å². The van der Waals surface area contributed by atoms with Crippen LogP contribution in [0.5, 0.6) is 0 Å². The number of azide groups is 1. The van der Waals surface area contributed by atoms with Crippen molar-refractivity contribution < 1.29 is 39.5 Å². The number of alkyl halides is 9. The fourth-order valence-electron chi connectivity index (χ4n) is 2.62. The van der Waals surface area contributed by atoms with Gasteiger partial charge in [0.15, 0.2) is 0 Å². The minimum absolute atomic E-state index is 0.189. The fourth-order valence-corrected chi connectivity index (χ4v) is 2.62. The third-order valence-electron chi connectivity index (χ3n) is 4.31. The van der Waals surface area contributed by atoms with Gasteiger partial charge in [0.1, 0.15) is 0 Å².